The lowest BCUT2D eigenvalue weighted by Gasteiger charge is -2.27. The molecule has 1 aliphatic rings. The van der Waals surface area contributed by atoms with Crippen molar-refractivity contribution in [1.82, 2.24) is 0 Å². The van der Waals surface area contributed by atoms with Crippen LogP contribution in [0.4, 0.5) is 0 Å². The molecule has 2 nitrogen and oxygen atoms in total. The summed E-state index contributed by atoms with van der Waals surface area (Å²) in [6.45, 7) is 7.61. The van der Waals surface area contributed by atoms with Gasteiger partial charge in [0.15, 0.2) is 6.29 Å². The van der Waals surface area contributed by atoms with E-state index < -0.39 is 0 Å². The topological polar surface area (TPSA) is 18.5 Å². The van der Waals surface area contributed by atoms with Gasteiger partial charge in [0, 0.05) is 6.42 Å². The molecule has 0 bridgehead atoms. The van der Waals surface area contributed by atoms with Crippen molar-refractivity contribution in [2.24, 2.45) is 0 Å². The molecule has 0 radical (unpaired) electrons. The fraction of sp³-hybridized carbons (Fsp3) is 0.714. The van der Waals surface area contributed by atoms with Gasteiger partial charge >= 0.3 is 0 Å². The molecule has 1 fully saturated rings. The fourth-order valence-electron chi connectivity index (χ4n) is 1.01. The summed E-state index contributed by atoms with van der Waals surface area (Å²) in [6, 6.07) is 0. The molecule has 2 atom stereocenters. The molecule has 0 saturated carbocycles. The van der Waals surface area contributed by atoms with Crippen LogP contribution in [0.25, 0.3) is 0 Å². The van der Waals surface area contributed by atoms with Crippen LogP contribution in [0, 0.1) is 0 Å². The first-order valence-electron chi connectivity index (χ1n) is 3.18. The van der Waals surface area contributed by atoms with Gasteiger partial charge in [-0.25, -0.2) is 0 Å². The number of rotatable bonds is 0. The molecule has 0 aliphatic carbocycles. The van der Waals surface area contributed by atoms with E-state index in [1.54, 1.807) is 0 Å². The van der Waals surface area contributed by atoms with E-state index in [4.69, 9.17) is 9.47 Å². The van der Waals surface area contributed by atoms with Crippen LogP contribution in [0.1, 0.15) is 20.3 Å². The minimum Gasteiger partial charge on any atom is -0.470 e. The Labute approximate surface area is 55.5 Å². The van der Waals surface area contributed by atoms with E-state index in [9.17, 15) is 0 Å². The third kappa shape index (κ3) is 1.72. The van der Waals surface area contributed by atoms with E-state index in [0.717, 1.165) is 12.2 Å². The third-order valence-electron chi connectivity index (χ3n) is 1.27. The summed E-state index contributed by atoms with van der Waals surface area (Å²) < 4.78 is 10.4. The van der Waals surface area contributed by atoms with Crippen LogP contribution in [0.2, 0.25) is 0 Å². The Morgan fingerprint density at radius 1 is 1.56 bits per heavy atom. The normalized spacial score (nSPS) is 36.0. The molecule has 0 aromatic carbocycles. The van der Waals surface area contributed by atoms with E-state index in [-0.39, 0.29) is 12.4 Å². The Hall–Kier alpha value is -0.500. The van der Waals surface area contributed by atoms with Crippen LogP contribution in [-0.2, 0) is 9.47 Å². The largest absolute Gasteiger partial charge is 0.470 e. The molecule has 0 aromatic heterocycles. The van der Waals surface area contributed by atoms with E-state index in [2.05, 4.69) is 6.58 Å². The minimum atomic E-state index is -0.110. The van der Waals surface area contributed by atoms with Crippen molar-refractivity contribution in [1.29, 1.82) is 0 Å². The summed E-state index contributed by atoms with van der Waals surface area (Å²) in [6.07, 6.45) is 0.979. The summed E-state index contributed by atoms with van der Waals surface area (Å²) >= 11 is 0. The average molecular weight is 128 g/mol. The van der Waals surface area contributed by atoms with Gasteiger partial charge < -0.3 is 9.47 Å². The van der Waals surface area contributed by atoms with E-state index >= 15 is 0 Å². The van der Waals surface area contributed by atoms with Gasteiger partial charge in [-0.3, -0.25) is 0 Å². The van der Waals surface area contributed by atoms with Crippen LogP contribution in [-0.4, -0.2) is 12.4 Å². The highest BCUT2D eigenvalue weighted by molar-refractivity contribution is 4.87. The Kier molecular flexibility index (Phi) is 1.76. The Morgan fingerprint density at radius 2 is 2.22 bits per heavy atom. The maximum Gasteiger partial charge on any atom is 0.196 e. The molecule has 1 rings (SSSR count). The molecular formula is C7H12O2. The molecule has 0 unspecified atom stereocenters. The molecule has 52 valence electrons. The second-order valence-corrected chi connectivity index (χ2v) is 2.37. The highest BCUT2D eigenvalue weighted by Crippen LogP contribution is 2.18. The first-order chi connectivity index (χ1) is 4.18. The number of hydrogen-bond acceptors (Lipinski definition) is 2. The van der Waals surface area contributed by atoms with Crippen molar-refractivity contribution in [3.63, 3.8) is 0 Å². The Morgan fingerprint density at radius 3 is 2.67 bits per heavy atom. The summed E-state index contributed by atoms with van der Waals surface area (Å²) in [5.74, 6) is 0.834. The van der Waals surface area contributed by atoms with Gasteiger partial charge in [-0.15, -0.1) is 0 Å². The van der Waals surface area contributed by atoms with Crippen molar-refractivity contribution >= 4 is 0 Å². The Balaban J connectivity index is 2.43. The van der Waals surface area contributed by atoms with E-state index in [0.29, 0.717) is 0 Å². The molecule has 0 aromatic rings. The zero-order chi connectivity index (χ0) is 6.85. The zero-order valence-corrected chi connectivity index (χ0v) is 5.89. The monoisotopic (exact) mass is 128 g/mol. The zero-order valence-electron chi connectivity index (χ0n) is 5.89. The molecule has 0 spiro atoms. The minimum absolute atomic E-state index is 0.110. The van der Waals surface area contributed by atoms with Crippen molar-refractivity contribution in [2.75, 3.05) is 0 Å². The summed E-state index contributed by atoms with van der Waals surface area (Å²) in [4.78, 5) is 0. The average Bonchev–Trinajstić information content (AvgIpc) is 1.59. The van der Waals surface area contributed by atoms with Gasteiger partial charge in [0.1, 0.15) is 0 Å². The molecule has 1 heterocycles. The highest BCUT2D eigenvalue weighted by atomic mass is 16.7. The lowest BCUT2D eigenvalue weighted by Crippen LogP contribution is -2.26. The van der Waals surface area contributed by atoms with Crippen molar-refractivity contribution in [3.05, 3.63) is 12.3 Å². The van der Waals surface area contributed by atoms with Gasteiger partial charge in [-0.1, -0.05) is 6.58 Å². The van der Waals surface area contributed by atoms with Gasteiger partial charge in [-0.05, 0) is 13.8 Å². The second kappa shape index (κ2) is 2.40. The quantitative estimate of drug-likeness (QED) is 0.494. The van der Waals surface area contributed by atoms with Crippen LogP contribution in [0.3, 0.4) is 0 Å². The van der Waals surface area contributed by atoms with Crippen molar-refractivity contribution in [2.45, 2.75) is 32.7 Å². The summed E-state index contributed by atoms with van der Waals surface area (Å²) in [5, 5.41) is 0. The van der Waals surface area contributed by atoms with Crippen LogP contribution in [0.5, 0.6) is 0 Å². The van der Waals surface area contributed by atoms with E-state index in [1.807, 2.05) is 13.8 Å². The third-order valence-corrected chi connectivity index (χ3v) is 1.27. The first kappa shape index (κ1) is 6.62. The Bertz CT molecular complexity index is 108. The summed E-state index contributed by atoms with van der Waals surface area (Å²) in [7, 11) is 0. The standard InChI is InChI=1S/C7H12O2/c1-5-4-6(2)9-7(3)8-5/h6-7H,1,4H2,2-3H3/t6-,7-/m1/s1. The first-order valence-corrected chi connectivity index (χ1v) is 3.18. The number of hydrogen-bond donors (Lipinski definition) is 0. The molecular weight excluding hydrogens is 116 g/mol. The smallest absolute Gasteiger partial charge is 0.196 e. The van der Waals surface area contributed by atoms with Gasteiger partial charge in [0.2, 0.25) is 0 Å². The summed E-state index contributed by atoms with van der Waals surface area (Å²) in [5.41, 5.74) is 0. The number of ether oxygens (including phenoxy) is 2. The maximum absolute atomic E-state index is 5.27. The second-order valence-electron chi connectivity index (χ2n) is 2.37. The van der Waals surface area contributed by atoms with Gasteiger partial charge in [-0.2, -0.15) is 0 Å². The predicted octanol–water partition coefficient (Wildman–Crippen LogP) is 1.67. The van der Waals surface area contributed by atoms with Crippen LogP contribution in [0.15, 0.2) is 12.3 Å². The highest BCUT2D eigenvalue weighted by Gasteiger charge is 2.17. The van der Waals surface area contributed by atoms with E-state index in [1.165, 1.54) is 0 Å². The molecule has 1 aliphatic heterocycles. The van der Waals surface area contributed by atoms with Crippen LogP contribution < -0.4 is 0 Å². The lowest BCUT2D eigenvalue weighted by atomic mass is 10.2. The van der Waals surface area contributed by atoms with Crippen molar-refractivity contribution < 1.29 is 9.47 Å². The molecule has 1 saturated heterocycles. The lowest BCUT2D eigenvalue weighted by molar-refractivity contribution is -0.167. The fourth-order valence-corrected chi connectivity index (χ4v) is 1.01. The molecule has 2 heteroatoms. The van der Waals surface area contributed by atoms with Crippen LogP contribution >= 0.6 is 0 Å². The van der Waals surface area contributed by atoms with Crippen molar-refractivity contribution in [3.8, 4) is 0 Å². The molecule has 0 N–H and O–H groups in total. The van der Waals surface area contributed by atoms with Gasteiger partial charge in [0.05, 0.1) is 11.9 Å². The molecule has 0 amide bonds. The maximum atomic E-state index is 5.27. The predicted molar refractivity (Wildman–Crippen MR) is 34.9 cm³/mol. The molecule has 9 heavy (non-hydrogen) atoms. The van der Waals surface area contributed by atoms with Gasteiger partial charge in [0.25, 0.3) is 0 Å². The SMILES string of the molecule is C=C1C[C@@H](C)O[C@H](C)O1.